The third-order valence-electron chi connectivity index (χ3n) is 0.365. The quantitative estimate of drug-likeness (QED) is 0.623. The molecule has 0 bridgehead atoms. The standard InChI is InChI=1S/C4H6O2.C4H12S/c1-3(2)4(5)6;1-5(2,3)4/h1H2,2H3,(H,5,6);1-4H3. The first-order valence-corrected chi connectivity index (χ1v) is 6.43. The number of aliphatic carboxylic acids is 1. The molecular formula is C8H18O2S. The van der Waals surface area contributed by atoms with Gasteiger partial charge in [0.05, 0.1) is 0 Å². The Morgan fingerprint density at radius 3 is 1.36 bits per heavy atom. The van der Waals surface area contributed by atoms with Gasteiger partial charge in [-0.15, -0.1) is 0 Å². The highest BCUT2D eigenvalue weighted by molar-refractivity contribution is 8.31. The van der Waals surface area contributed by atoms with Crippen LogP contribution in [0.1, 0.15) is 6.92 Å². The number of carbonyl (C=O) groups is 1. The van der Waals surface area contributed by atoms with Crippen molar-refractivity contribution in [3.8, 4) is 0 Å². The van der Waals surface area contributed by atoms with Crippen LogP contribution in [0.5, 0.6) is 0 Å². The summed E-state index contributed by atoms with van der Waals surface area (Å²) in [6, 6.07) is 0. The van der Waals surface area contributed by atoms with Crippen molar-refractivity contribution in [2.75, 3.05) is 25.0 Å². The zero-order chi connectivity index (χ0) is 9.65. The van der Waals surface area contributed by atoms with Gasteiger partial charge in [0.1, 0.15) is 0 Å². The van der Waals surface area contributed by atoms with Gasteiger partial charge in [-0.3, -0.25) is 10.0 Å². The van der Waals surface area contributed by atoms with Crippen LogP contribution in [0.15, 0.2) is 12.2 Å². The number of hydrogen-bond acceptors (Lipinski definition) is 1. The molecule has 0 aromatic heterocycles. The van der Waals surface area contributed by atoms with Crippen molar-refractivity contribution in [1.82, 2.24) is 0 Å². The molecule has 0 atom stereocenters. The molecule has 0 rings (SSSR count). The van der Waals surface area contributed by atoms with Gasteiger partial charge >= 0.3 is 5.97 Å². The van der Waals surface area contributed by atoms with Gasteiger partial charge < -0.3 is 5.11 Å². The Morgan fingerprint density at radius 1 is 1.27 bits per heavy atom. The molecule has 0 unspecified atom stereocenters. The maximum Gasteiger partial charge on any atom is 0.330 e. The molecule has 68 valence electrons. The largest absolute Gasteiger partial charge is 0.478 e. The van der Waals surface area contributed by atoms with Crippen LogP contribution in [-0.2, 0) is 4.79 Å². The van der Waals surface area contributed by atoms with E-state index in [9.17, 15) is 4.79 Å². The van der Waals surface area contributed by atoms with Crippen LogP contribution in [0, 0.1) is 0 Å². The minimum Gasteiger partial charge on any atom is -0.478 e. The Balaban J connectivity index is 0. The van der Waals surface area contributed by atoms with E-state index < -0.39 is 5.97 Å². The summed E-state index contributed by atoms with van der Waals surface area (Å²) >= 11 is 0. The van der Waals surface area contributed by atoms with Gasteiger partial charge in [0, 0.05) is 5.57 Å². The normalized spacial score (nSPS) is 11.0. The Morgan fingerprint density at radius 2 is 1.36 bits per heavy atom. The van der Waals surface area contributed by atoms with E-state index in [0.29, 0.717) is 0 Å². The highest BCUT2D eigenvalue weighted by Crippen LogP contribution is 2.27. The summed E-state index contributed by atoms with van der Waals surface area (Å²) in [7, 11) is -0.167. The van der Waals surface area contributed by atoms with Gasteiger partial charge in [0.15, 0.2) is 0 Å². The van der Waals surface area contributed by atoms with Crippen molar-refractivity contribution in [2.24, 2.45) is 0 Å². The molecule has 1 N–H and O–H groups in total. The number of carboxylic acids is 1. The lowest BCUT2D eigenvalue weighted by atomic mass is 10.4. The highest BCUT2D eigenvalue weighted by atomic mass is 32.3. The summed E-state index contributed by atoms with van der Waals surface area (Å²) in [4.78, 5) is 9.60. The van der Waals surface area contributed by atoms with Crippen molar-refractivity contribution in [3.63, 3.8) is 0 Å². The zero-order valence-corrected chi connectivity index (χ0v) is 8.79. The van der Waals surface area contributed by atoms with Gasteiger partial charge in [-0.2, -0.15) is 0 Å². The Bertz CT molecular complexity index is 127. The molecule has 0 fully saturated rings. The third-order valence-corrected chi connectivity index (χ3v) is 0.365. The molecule has 0 radical (unpaired) electrons. The molecule has 11 heavy (non-hydrogen) atoms. The number of carboxylic acid groups (broad SMARTS) is 1. The molecule has 3 heteroatoms. The van der Waals surface area contributed by atoms with Crippen LogP contribution in [0.2, 0.25) is 0 Å². The van der Waals surface area contributed by atoms with Gasteiger partial charge in [-0.25, -0.2) is 4.79 Å². The molecule has 0 aliphatic heterocycles. The van der Waals surface area contributed by atoms with Crippen molar-refractivity contribution in [2.45, 2.75) is 6.92 Å². The minimum atomic E-state index is -0.935. The van der Waals surface area contributed by atoms with Crippen molar-refractivity contribution >= 4 is 16.0 Å². The van der Waals surface area contributed by atoms with Crippen molar-refractivity contribution < 1.29 is 9.90 Å². The van der Waals surface area contributed by atoms with Crippen LogP contribution in [0.25, 0.3) is 0 Å². The first-order chi connectivity index (χ1) is 4.64. The third kappa shape index (κ3) is 43.1. The fourth-order valence-electron chi connectivity index (χ4n) is 0. The first-order valence-electron chi connectivity index (χ1n) is 3.16. The second-order valence-electron chi connectivity index (χ2n) is 3.53. The van der Waals surface area contributed by atoms with E-state index in [-0.39, 0.29) is 15.6 Å². The summed E-state index contributed by atoms with van der Waals surface area (Å²) in [6.45, 7) is 4.60. The predicted molar refractivity (Wildman–Crippen MR) is 53.7 cm³/mol. The average Bonchev–Trinajstić information content (AvgIpc) is 1.59. The molecule has 0 aliphatic carbocycles. The number of rotatable bonds is 1. The second kappa shape index (κ2) is 5.24. The summed E-state index contributed by atoms with van der Waals surface area (Å²) in [5.41, 5.74) is 0.176. The molecule has 0 saturated heterocycles. The topological polar surface area (TPSA) is 37.3 Å². The van der Waals surface area contributed by atoms with Crippen LogP contribution >= 0.6 is 10.0 Å². The Labute approximate surface area is 70.6 Å². The predicted octanol–water partition coefficient (Wildman–Crippen LogP) is 1.96. The van der Waals surface area contributed by atoms with E-state index in [2.05, 4.69) is 31.6 Å². The fourth-order valence-corrected chi connectivity index (χ4v) is 0. The molecule has 0 aromatic rings. The van der Waals surface area contributed by atoms with Crippen molar-refractivity contribution in [1.29, 1.82) is 0 Å². The SMILES string of the molecule is C=C(C)C(=O)O.CS(C)(C)C. The lowest BCUT2D eigenvalue weighted by molar-refractivity contribution is -0.132. The summed E-state index contributed by atoms with van der Waals surface area (Å²) in [5.74, 6) is -0.935. The van der Waals surface area contributed by atoms with E-state index >= 15 is 0 Å². The molecule has 2 nitrogen and oxygen atoms in total. The summed E-state index contributed by atoms with van der Waals surface area (Å²) in [6.07, 6.45) is 9.08. The maximum absolute atomic E-state index is 9.60. The van der Waals surface area contributed by atoms with E-state index in [1.807, 2.05) is 0 Å². The van der Waals surface area contributed by atoms with E-state index in [1.165, 1.54) is 6.92 Å². The van der Waals surface area contributed by atoms with Crippen LogP contribution < -0.4 is 0 Å². The van der Waals surface area contributed by atoms with Crippen LogP contribution in [0.3, 0.4) is 0 Å². The minimum absolute atomic E-state index is 0.167. The molecular weight excluding hydrogens is 160 g/mol. The maximum atomic E-state index is 9.60. The molecule has 0 aromatic carbocycles. The Hall–Kier alpha value is -0.440. The van der Waals surface area contributed by atoms with E-state index in [1.54, 1.807) is 0 Å². The molecule has 0 amide bonds. The van der Waals surface area contributed by atoms with Crippen molar-refractivity contribution in [3.05, 3.63) is 12.2 Å². The molecule has 0 heterocycles. The Kier molecular flexibility index (Phi) is 6.28. The number of hydrogen-bond donors (Lipinski definition) is 1. The van der Waals surface area contributed by atoms with E-state index in [4.69, 9.17) is 5.11 Å². The highest BCUT2D eigenvalue weighted by Gasteiger charge is 1.90. The summed E-state index contributed by atoms with van der Waals surface area (Å²) in [5, 5.41) is 7.89. The zero-order valence-electron chi connectivity index (χ0n) is 7.97. The average molecular weight is 178 g/mol. The fraction of sp³-hybridized carbons (Fsp3) is 0.625. The molecule has 0 spiro atoms. The van der Waals surface area contributed by atoms with E-state index in [0.717, 1.165) is 0 Å². The van der Waals surface area contributed by atoms with Gasteiger partial charge in [-0.05, 0) is 31.9 Å². The summed E-state index contributed by atoms with van der Waals surface area (Å²) < 4.78 is 0. The smallest absolute Gasteiger partial charge is 0.330 e. The molecule has 0 saturated carbocycles. The molecule has 0 aliphatic rings. The first kappa shape index (κ1) is 13.2. The second-order valence-corrected chi connectivity index (χ2v) is 8.43. The lowest BCUT2D eigenvalue weighted by Crippen LogP contribution is -1.92. The van der Waals surface area contributed by atoms with Gasteiger partial charge in [0.2, 0.25) is 0 Å². The van der Waals surface area contributed by atoms with Gasteiger partial charge in [0.25, 0.3) is 0 Å². The monoisotopic (exact) mass is 178 g/mol. The van der Waals surface area contributed by atoms with Gasteiger partial charge in [-0.1, -0.05) is 6.58 Å². The van der Waals surface area contributed by atoms with Crippen LogP contribution in [-0.4, -0.2) is 36.1 Å². The van der Waals surface area contributed by atoms with Crippen LogP contribution in [0.4, 0.5) is 0 Å². The lowest BCUT2D eigenvalue weighted by Gasteiger charge is -2.15.